The number of hydrogen-bond acceptors (Lipinski definition) is 5. The van der Waals surface area contributed by atoms with Gasteiger partial charge in [0.15, 0.2) is 5.69 Å². The van der Waals surface area contributed by atoms with Gasteiger partial charge in [-0.15, -0.1) is 5.10 Å². The topological polar surface area (TPSA) is 85.7 Å². The fourth-order valence-corrected chi connectivity index (χ4v) is 2.13. The summed E-state index contributed by atoms with van der Waals surface area (Å²) >= 11 is 0. The Labute approximate surface area is 127 Å². The van der Waals surface area contributed by atoms with E-state index in [-0.39, 0.29) is 5.69 Å². The standard InChI is InChI=1S/C15H15N5O2/c1-2-22-15(21)14-13(17-19-18-14)12-5-3-11(4-6-12)9-20-8-7-16-10-20/h3-8,10H,2,9H2,1H3,(H,17,18,19). The highest BCUT2D eigenvalue weighted by Gasteiger charge is 2.18. The number of nitrogens with zero attached hydrogens (tertiary/aromatic N) is 4. The third-order valence-corrected chi connectivity index (χ3v) is 3.17. The number of aromatic nitrogens is 5. The Morgan fingerprint density at radius 1 is 1.27 bits per heavy atom. The molecule has 0 atom stereocenters. The summed E-state index contributed by atoms with van der Waals surface area (Å²) in [5.74, 6) is -0.478. The Morgan fingerprint density at radius 3 is 2.77 bits per heavy atom. The molecule has 3 rings (SSSR count). The van der Waals surface area contributed by atoms with E-state index in [0.717, 1.165) is 17.7 Å². The molecule has 0 fully saturated rings. The lowest BCUT2D eigenvalue weighted by Gasteiger charge is -2.04. The molecule has 0 aliphatic rings. The average Bonchev–Trinajstić information content (AvgIpc) is 3.19. The van der Waals surface area contributed by atoms with Gasteiger partial charge in [0, 0.05) is 24.5 Å². The van der Waals surface area contributed by atoms with Gasteiger partial charge in [-0.25, -0.2) is 9.78 Å². The van der Waals surface area contributed by atoms with Gasteiger partial charge in [0.1, 0.15) is 5.69 Å². The van der Waals surface area contributed by atoms with Crippen molar-refractivity contribution in [2.45, 2.75) is 13.5 Å². The summed E-state index contributed by atoms with van der Waals surface area (Å²) < 4.78 is 6.95. The van der Waals surface area contributed by atoms with E-state index in [1.807, 2.05) is 35.0 Å². The van der Waals surface area contributed by atoms with Crippen LogP contribution in [0.15, 0.2) is 43.0 Å². The summed E-state index contributed by atoms with van der Waals surface area (Å²) in [4.78, 5) is 15.8. The van der Waals surface area contributed by atoms with Gasteiger partial charge in [0.2, 0.25) is 0 Å². The summed E-state index contributed by atoms with van der Waals surface area (Å²) in [6.07, 6.45) is 5.42. The third-order valence-electron chi connectivity index (χ3n) is 3.17. The smallest absolute Gasteiger partial charge is 0.361 e. The number of hydrogen-bond donors (Lipinski definition) is 1. The first-order valence-electron chi connectivity index (χ1n) is 6.91. The van der Waals surface area contributed by atoms with Crippen LogP contribution in [0, 0.1) is 0 Å². The van der Waals surface area contributed by atoms with Crippen LogP contribution in [0.3, 0.4) is 0 Å². The molecular weight excluding hydrogens is 282 g/mol. The number of carbonyl (C=O) groups excluding carboxylic acids is 1. The summed E-state index contributed by atoms with van der Waals surface area (Å²) in [6.45, 7) is 2.79. The summed E-state index contributed by atoms with van der Waals surface area (Å²) in [5, 5.41) is 10.4. The van der Waals surface area contributed by atoms with Crippen molar-refractivity contribution in [2.75, 3.05) is 6.61 Å². The van der Waals surface area contributed by atoms with E-state index in [1.54, 1.807) is 19.4 Å². The number of esters is 1. The first-order valence-corrected chi connectivity index (χ1v) is 6.91. The van der Waals surface area contributed by atoms with Crippen molar-refractivity contribution in [3.8, 4) is 11.3 Å². The minimum Gasteiger partial charge on any atom is -0.461 e. The van der Waals surface area contributed by atoms with Crippen molar-refractivity contribution < 1.29 is 9.53 Å². The largest absolute Gasteiger partial charge is 0.461 e. The maximum Gasteiger partial charge on any atom is 0.361 e. The molecule has 1 N–H and O–H groups in total. The number of ether oxygens (including phenoxy) is 1. The summed E-state index contributed by atoms with van der Waals surface area (Å²) in [5.41, 5.74) is 2.63. The Morgan fingerprint density at radius 2 is 2.09 bits per heavy atom. The SMILES string of the molecule is CCOC(=O)c1n[nH]nc1-c1ccc(Cn2ccnc2)cc1. The number of carbonyl (C=O) groups is 1. The maximum absolute atomic E-state index is 11.8. The predicted molar refractivity (Wildman–Crippen MR) is 79.1 cm³/mol. The van der Waals surface area contributed by atoms with Crippen LogP contribution in [0.1, 0.15) is 23.0 Å². The third kappa shape index (κ3) is 2.88. The molecule has 0 amide bonds. The molecular formula is C15H15N5O2. The van der Waals surface area contributed by atoms with E-state index < -0.39 is 5.97 Å². The zero-order valence-electron chi connectivity index (χ0n) is 12.1. The number of aromatic amines is 1. The second-order valence-electron chi connectivity index (χ2n) is 4.67. The van der Waals surface area contributed by atoms with E-state index in [2.05, 4.69) is 20.4 Å². The van der Waals surface area contributed by atoms with Gasteiger partial charge in [0.25, 0.3) is 0 Å². The second kappa shape index (κ2) is 6.21. The molecule has 3 aromatic rings. The molecule has 0 unspecified atom stereocenters. The number of nitrogens with one attached hydrogen (secondary N) is 1. The first kappa shape index (κ1) is 14.0. The number of H-pyrrole nitrogens is 1. The predicted octanol–water partition coefficient (Wildman–Crippen LogP) is 1.89. The molecule has 0 saturated carbocycles. The normalized spacial score (nSPS) is 10.6. The van der Waals surface area contributed by atoms with E-state index >= 15 is 0 Å². The Kier molecular flexibility index (Phi) is 3.95. The van der Waals surface area contributed by atoms with Gasteiger partial charge >= 0.3 is 5.97 Å². The van der Waals surface area contributed by atoms with Crippen LogP contribution < -0.4 is 0 Å². The lowest BCUT2D eigenvalue weighted by molar-refractivity contribution is 0.0520. The van der Waals surface area contributed by atoms with Crippen molar-refractivity contribution in [3.63, 3.8) is 0 Å². The number of benzene rings is 1. The van der Waals surface area contributed by atoms with Crippen LogP contribution in [0.2, 0.25) is 0 Å². The average molecular weight is 297 g/mol. The second-order valence-corrected chi connectivity index (χ2v) is 4.67. The highest BCUT2D eigenvalue weighted by Crippen LogP contribution is 2.21. The van der Waals surface area contributed by atoms with Gasteiger partial charge in [-0.2, -0.15) is 10.3 Å². The van der Waals surface area contributed by atoms with E-state index in [1.165, 1.54) is 0 Å². The molecule has 1 aromatic carbocycles. The minimum absolute atomic E-state index is 0.198. The van der Waals surface area contributed by atoms with Gasteiger partial charge in [-0.1, -0.05) is 24.3 Å². The zero-order valence-corrected chi connectivity index (χ0v) is 12.1. The monoisotopic (exact) mass is 297 g/mol. The molecule has 0 spiro atoms. The van der Waals surface area contributed by atoms with Gasteiger partial charge in [-0.05, 0) is 12.5 Å². The van der Waals surface area contributed by atoms with Gasteiger partial charge in [-0.3, -0.25) is 0 Å². The molecule has 0 aliphatic heterocycles. The molecule has 0 radical (unpaired) electrons. The van der Waals surface area contributed by atoms with Crippen LogP contribution in [0.25, 0.3) is 11.3 Å². The molecule has 0 saturated heterocycles. The van der Waals surface area contributed by atoms with Crippen LogP contribution in [0.4, 0.5) is 0 Å². The van der Waals surface area contributed by atoms with Crippen molar-refractivity contribution >= 4 is 5.97 Å². The van der Waals surface area contributed by atoms with Gasteiger partial charge < -0.3 is 9.30 Å². The molecule has 2 aromatic heterocycles. The number of imidazole rings is 1. The maximum atomic E-state index is 11.8. The first-order chi connectivity index (χ1) is 10.8. The zero-order chi connectivity index (χ0) is 15.4. The quantitative estimate of drug-likeness (QED) is 0.727. The van der Waals surface area contributed by atoms with E-state index in [9.17, 15) is 4.79 Å². The molecule has 22 heavy (non-hydrogen) atoms. The molecule has 0 aliphatic carbocycles. The van der Waals surface area contributed by atoms with Gasteiger partial charge in [0.05, 0.1) is 12.9 Å². The van der Waals surface area contributed by atoms with E-state index in [4.69, 9.17) is 4.74 Å². The minimum atomic E-state index is -0.478. The lowest BCUT2D eigenvalue weighted by Crippen LogP contribution is -2.06. The molecule has 2 heterocycles. The van der Waals surface area contributed by atoms with Crippen LogP contribution in [-0.4, -0.2) is 37.5 Å². The van der Waals surface area contributed by atoms with Crippen molar-refractivity contribution in [2.24, 2.45) is 0 Å². The van der Waals surface area contributed by atoms with Crippen molar-refractivity contribution in [1.82, 2.24) is 25.0 Å². The Balaban J connectivity index is 1.81. The summed E-state index contributed by atoms with van der Waals surface area (Å²) in [6, 6.07) is 7.79. The van der Waals surface area contributed by atoms with Crippen LogP contribution in [-0.2, 0) is 11.3 Å². The van der Waals surface area contributed by atoms with E-state index in [0.29, 0.717) is 12.3 Å². The number of rotatable bonds is 5. The van der Waals surface area contributed by atoms with Crippen LogP contribution >= 0.6 is 0 Å². The molecule has 112 valence electrons. The Bertz CT molecular complexity index is 747. The highest BCUT2D eigenvalue weighted by molar-refractivity contribution is 5.93. The summed E-state index contributed by atoms with van der Waals surface area (Å²) in [7, 11) is 0. The fourth-order valence-electron chi connectivity index (χ4n) is 2.13. The van der Waals surface area contributed by atoms with Crippen LogP contribution in [0.5, 0.6) is 0 Å². The molecule has 0 bridgehead atoms. The van der Waals surface area contributed by atoms with Crippen molar-refractivity contribution in [1.29, 1.82) is 0 Å². The highest BCUT2D eigenvalue weighted by atomic mass is 16.5. The fraction of sp³-hybridized carbons (Fsp3) is 0.200. The molecule has 7 nitrogen and oxygen atoms in total. The lowest BCUT2D eigenvalue weighted by atomic mass is 10.1. The Hall–Kier alpha value is -2.96. The van der Waals surface area contributed by atoms with Crippen molar-refractivity contribution in [3.05, 3.63) is 54.2 Å². The molecule has 7 heteroatoms.